The number of hydrogen-bond donors (Lipinski definition) is 0. The lowest BCUT2D eigenvalue weighted by Crippen LogP contribution is -2.01. The Morgan fingerprint density at radius 3 is 1.88 bits per heavy atom. The SMILES string of the molecule is c1ccc(-c2nc(-c3ccccc3)nc(-c3cnc(-c4cccc5c4sc4ccccc45)c4oc5cc6ccccc6cc5c34)n2)cc1. The molecule has 4 aromatic heterocycles. The number of aromatic nitrogens is 4. The highest BCUT2D eigenvalue weighted by Gasteiger charge is 2.23. The second-order valence-electron chi connectivity index (χ2n) is 11.8. The minimum atomic E-state index is 0.544. The predicted molar refractivity (Wildman–Crippen MR) is 197 cm³/mol. The third kappa shape index (κ3) is 4.24. The molecule has 0 aliphatic heterocycles. The summed E-state index contributed by atoms with van der Waals surface area (Å²) in [5, 5.41) is 6.64. The second-order valence-corrected chi connectivity index (χ2v) is 12.9. The van der Waals surface area contributed by atoms with Crippen molar-refractivity contribution in [2.75, 3.05) is 0 Å². The summed E-state index contributed by atoms with van der Waals surface area (Å²) >= 11 is 1.79. The van der Waals surface area contributed by atoms with Gasteiger partial charge in [-0.25, -0.2) is 15.0 Å². The van der Waals surface area contributed by atoms with Crippen LogP contribution < -0.4 is 0 Å². The maximum Gasteiger partial charge on any atom is 0.166 e. The van der Waals surface area contributed by atoms with E-state index in [0.717, 1.165) is 55.1 Å². The Hall–Kier alpha value is -6.24. The van der Waals surface area contributed by atoms with Crippen LogP contribution in [-0.2, 0) is 0 Å². The summed E-state index contributed by atoms with van der Waals surface area (Å²) in [5.74, 6) is 1.75. The standard InChI is InChI=1S/C42H24N4OS/c1-3-12-25(13-4-1)40-44-41(26-14-5-2-6-15-26)46-42(45-40)33-24-43-37(31-20-11-19-30-29-18-9-10-21-35(29)48-39(30)31)38-36(33)32-22-27-16-7-8-17-28(27)23-34(32)47-38/h1-24H. The zero-order valence-electron chi connectivity index (χ0n) is 25.5. The molecule has 0 saturated carbocycles. The lowest BCUT2D eigenvalue weighted by molar-refractivity contribution is 0.669. The van der Waals surface area contributed by atoms with Crippen molar-refractivity contribution >= 4 is 64.2 Å². The van der Waals surface area contributed by atoms with Gasteiger partial charge in [-0.1, -0.05) is 121 Å². The van der Waals surface area contributed by atoms with E-state index in [0.29, 0.717) is 23.1 Å². The van der Waals surface area contributed by atoms with Gasteiger partial charge in [-0.2, -0.15) is 0 Å². The Bertz CT molecular complexity index is 2780. The molecule has 0 saturated heterocycles. The molecule has 0 radical (unpaired) electrons. The van der Waals surface area contributed by atoms with Crippen molar-refractivity contribution in [1.82, 2.24) is 19.9 Å². The average Bonchev–Trinajstić information content (AvgIpc) is 3.73. The van der Waals surface area contributed by atoms with Gasteiger partial charge >= 0.3 is 0 Å². The number of fused-ring (bicyclic) bond motifs is 7. The third-order valence-corrected chi connectivity index (χ3v) is 10.2. The normalized spacial score (nSPS) is 11.8. The molecular weight excluding hydrogens is 609 g/mol. The Balaban J connectivity index is 1.30. The number of rotatable bonds is 4. The predicted octanol–water partition coefficient (Wildman–Crippen LogP) is 11.4. The summed E-state index contributed by atoms with van der Waals surface area (Å²) in [5.41, 5.74) is 5.97. The lowest BCUT2D eigenvalue weighted by atomic mass is 10.0. The largest absolute Gasteiger partial charge is 0.454 e. The fourth-order valence-electron chi connectivity index (χ4n) is 6.69. The maximum absolute atomic E-state index is 6.83. The fourth-order valence-corrected chi connectivity index (χ4v) is 7.91. The van der Waals surface area contributed by atoms with Gasteiger partial charge in [-0.05, 0) is 29.0 Å². The molecule has 0 aliphatic rings. The highest BCUT2D eigenvalue weighted by atomic mass is 32.1. The first kappa shape index (κ1) is 26.9. The van der Waals surface area contributed by atoms with Gasteiger partial charge in [0.05, 0.1) is 0 Å². The van der Waals surface area contributed by atoms with Crippen molar-refractivity contribution in [1.29, 1.82) is 0 Å². The highest BCUT2D eigenvalue weighted by molar-refractivity contribution is 7.26. The van der Waals surface area contributed by atoms with Crippen molar-refractivity contribution in [2.24, 2.45) is 0 Å². The Kier molecular flexibility index (Phi) is 5.98. The van der Waals surface area contributed by atoms with Crippen molar-refractivity contribution in [3.05, 3.63) is 146 Å². The van der Waals surface area contributed by atoms with Crippen molar-refractivity contribution in [2.45, 2.75) is 0 Å². The van der Waals surface area contributed by atoms with Crippen LogP contribution in [0.5, 0.6) is 0 Å². The van der Waals surface area contributed by atoms with Crippen molar-refractivity contribution in [3.63, 3.8) is 0 Å². The van der Waals surface area contributed by atoms with E-state index in [-0.39, 0.29) is 0 Å². The van der Waals surface area contributed by atoms with Crippen LogP contribution in [-0.4, -0.2) is 19.9 Å². The molecule has 5 nitrogen and oxygen atoms in total. The molecule has 4 heterocycles. The zero-order valence-corrected chi connectivity index (χ0v) is 26.3. The van der Waals surface area contributed by atoms with E-state index in [9.17, 15) is 0 Å². The number of furan rings is 1. The second kappa shape index (κ2) is 10.7. The van der Waals surface area contributed by atoms with Gasteiger partial charge in [0.25, 0.3) is 0 Å². The average molecular weight is 633 g/mol. The van der Waals surface area contributed by atoms with E-state index in [1.807, 2.05) is 66.9 Å². The van der Waals surface area contributed by atoms with Crippen LogP contribution in [0.2, 0.25) is 0 Å². The topological polar surface area (TPSA) is 64.7 Å². The molecule has 0 spiro atoms. The third-order valence-electron chi connectivity index (χ3n) is 8.96. The number of nitrogens with zero attached hydrogens (tertiary/aromatic N) is 4. The molecule has 10 rings (SSSR count). The molecule has 0 unspecified atom stereocenters. The summed E-state index contributed by atoms with van der Waals surface area (Å²) in [7, 11) is 0. The van der Waals surface area contributed by atoms with Gasteiger partial charge < -0.3 is 4.42 Å². The summed E-state index contributed by atoms with van der Waals surface area (Å²) in [4.78, 5) is 20.2. The number of pyridine rings is 1. The Labute approximate surface area is 278 Å². The first-order valence-corrected chi connectivity index (χ1v) is 16.6. The lowest BCUT2D eigenvalue weighted by Gasteiger charge is -2.10. The summed E-state index contributed by atoms with van der Waals surface area (Å²) in [6.45, 7) is 0. The van der Waals surface area contributed by atoms with Gasteiger partial charge in [-0.15, -0.1) is 11.3 Å². The Morgan fingerprint density at radius 1 is 0.500 bits per heavy atom. The van der Waals surface area contributed by atoms with Crippen molar-refractivity contribution in [3.8, 4) is 45.4 Å². The van der Waals surface area contributed by atoms with Crippen LogP contribution in [0.15, 0.2) is 150 Å². The number of thiophene rings is 1. The van der Waals surface area contributed by atoms with Crippen LogP contribution in [0, 0.1) is 0 Å². The summed E-state index contributed by atoms with van der Waals surface area (Å²) < 4.78 is 9.26. The number of benzene rings is 6. The van der Waals surface area contributed by atoms with Crippen molar-refractivity contribution < 1.29 is 4.42 Å². The summed E-state index contributed by atoms with van der Waals surface area (Å²) in [6.07, 6.45) is 1.91. The van der Waals surface area contributed by atoms with E-state index in [1.54, 1.807) is 11.3 Å². The smallest absolute Gasteiger partial charge is 0.166 e. The molecule has 10 aromatic rings. The molecular formula is C42H24N4OS. The highest BCUT2D eigenvalue weighted by Crippen LogP contribution is 2.45. The molecule has 0 amide bonds. The number of hydrogen-bond acceptors (Lipinski definition) is 6. The van der Waals surface area contributed by atoms with E-state index >= 15 is 0 Å². The minimum absolute atomic E-state index is 0.544. The van der Waals surface area contributed by atoms with Gasteiger partial charge in [-0.3, -0.25) is 4.98 Å². The zero-order chi connectivity index (χ0) is 31.6. The molecule has 224 valence electrons. The van der Waals surface area contributed by atoms with Gasteiger partial charge in [0.15, 0.2) is 23.1 Å². The van der Waals surface area contributed by atoms with Gasteiger partial charge in [0.1, 0.15) is 11.3 Å². The van der Waals surface area contributed by atoms with Crippen LogP contribution in [0.1, 0.15) is 0 Å². The minimum Gasteiger partial charge on any atom is -0.454 e. The quantitative estimate of drug-likeness (QED) is 0.193. The molecule has 0 bridgehead atoms. The first-order valence-electron chi connectivity index (χ1n) is 15.8. The van der Waals surface area contributed by atoms with Crippen LogP contribution in [0.4, 0.5) is 0 Å². The van der Waals surface area contributed by atoms with Gasteiger partial charge in [0.2, 0.25) is 0 Å². The van der Waals surface area contributed by atoms with E-state index < -0.39 is 0 Å². The van der Waals surface area contributed by atoms with Crippen LogP contribution in [0.3, 0.4) is 0 Å². The fraction of sp³-hybridized carbons (Fsp3) is 0. The maximum atomic E-state index is 6.83. The Morgan fingerprint density at radius 2 is 1.12 bits per heavy atom. The first-order chi connectivity index (χ1) is 23.8. The van der Waals surface area contributed by atoms with E-state index in [4.69, 9.17) is 24.4 Å². The van der Waals surface area contributed by atoms with Crippen LogP contribution >= 0.6 is 11.3 Å². The van der Waals surface area contributed by atoms with E-state index in [2.05, 4.69) is 78.9 Å². The molecule has 0 atom stereocenters. The molecule has 0 N–H and O–H groups in total. The van der Waals surface area contributed by atoms with E-state index in [1.165, 1.54) is 20.2 Å². The summed E-state index contributed by atoms with van der Waals surface area (Å²) in [6, 6.07) is 47.8. The molecule has 48 heavy (non-hydrogen) atoms. The molecule has 6 aromatic carbocycles. The van der Waals surface area contributed by atoms with Gasteiger partial charge in [0, 0.05) is 59.4 Å². The molecule has 0 aliphatic carbocycles. The van der Waals surface area contributed by atoms with Crippen LogP contribution in [0.25, 0.3) is 98.3 Å². The molecule has 0 fully saturated rings. The monoisotopic (exact) mass is 632 g/mol. The molecule has 6 heteroatoms.